The third-order valence-electron chi connectivity index (χ3n) is 6.47. The van der Waals surface area contributed by atoms with E-state index in [1.54, 1.807) is 19.4 Å². The molecule has 2 aromatic carbocycles. The van der Waals surface area contributed by atoms with Crippen molar-refractivity contribution in [2.75, 3.05) is 18.8 Å². The summed E-state index contributed by atoms with van der Waals surface area (Å²) >= 11 is 12.5. The first-order chi connectivity index (χ1) is 16.9. The predicted octanol–water partition coefficient (Wildman–Crippen LogP) is 7.65. The Morgan fingerprint density at radius 2 is 1.97 bits per heavy atom. The fourth-order valence-corrected chi connectivity index (χ4v) is 5.36. The van der Waals surface area contributed by atoms with Crippen LogP contribution in [-0.2, 0) is 6.54 Å². The molecule has 2 aromatic heterocycles. The second-order valence-corrected chi connectivity index (χ2v) is 9.70. The summed E-state index contributed by atoms with van der Waals surface area (Å²) in [5, 5.41) is 0.982. The molecule has 0 amide bonds. The van der Waals surface area contributed by atoms with Crippen molar-refractivity contribution in [2.24, 2.45) is 0 Å². The van der Waals surface area contributed by atoms with E-state index < -0.39 is 11.9 Å². The van der Waals surface area contributed by atoms with E-state index in [1.165, 1.54) is 37.0 Å². The molecule has 3 heterocycles. The lowest BCUT2D eigenvalue weighted by molar-refractivity contribution is 0.221. The molecule has 0 spiro atoms. The minimum Gasteiger partial charge on any atom is -0.478 e. The number of fused-ring (bicyclic) bond motifs is 1. The van der Waals surface area contributed by atoms with Gasteiger partial charge in [0.15, 0.2) is 11.4 Å². The van der Waals surface area contributed by atoms with Crippen LogP contribution in [0.25, 0.3) is 22.1 Å². The smallest absolute Gasteiger partial charge is 0.205 e. The molecular formula is C27H26Cl2FN3O2. The first-order valence-corrected chi connectivity index (χ1v) is 12.5. The van der Waals surface area contributed by atoms with E-state index in [1.807, 2.05) is 0 Å². The van der Waals surface area contributed by atoms with Crippen molar-refractivity contribution < 1.29 is 13.5 Å². The largest absolute Gasteiger partial charge is 0.478 e. The van der Waals surface area contributed by atoms with Gasteiger partial charge in [0.1, 0.15) is 11.9 Å². The highest BCUT2D eigenvalue weighted by Crippen LogP contribution is 2.41. The summed E-state index contributed by atoms with van der Waals surface area (Å²) in [4.78, 5) is 6.83. The molecule has 0 bridgehead atoms. The Hall–Kier alpha value is -2.80. The standard InChI is InChI=1S/C27H26Cl2FN3O2/c1-16(23-21(28)8-9-22(30)24(23)29)35-26-25-19(13-32-27(26)31)20(15-34-25)18-7-5-6-17(12-18)14-33-10-3-2-4-11-33/h5-9,12-13,15-16H,2-4,10-11,14H2,1H3,(H2,31,32). The molecule has 1 unspecified atom stereocenters. The van der Waals surface area contributed by atoms with E-state index in [9.17, 15) is 4.39 Å². The number of nitrogens with two attached hydrogens (primary N) is 1. The van der Waals surface area contributed by atoms with Gasteiger partial charge >= 0.3 is 0 Å². The molecule has 4 aromatic rings. The second-order valence-electron chi connectivity index (χ2n) is 8.92. The van der Waals surface area contributed by atoms with Crippen LogP contribution in [0.4, 0.5) is 10.2 Å². The van der Waals surface area contributed by atoms with Crippen LogP contribution in [0.2, 0.25) is 10.0 Å². The maximum atomic E-state index is 14.1. The van der Waals surface area contributed by atoms with Gasteiger partial charge in [-0.25, -0.2) is 9.37 Å². The number of piperidine rings is 1. The monoisotopic (exact) mass is 513 g/mol. The van der Waals surface area contributed by atoms with Gasteiger partial charge in [0, 0.05) is 28.9 Å². The van der Waals surface area contributed by atoms with E-state index in [0.717, 1.165) is 36.1 Å². The summed E-state index contributed by atoms with van der Waals surface area (Å²) in [6.45, 7) is 4.93. The highest BCUT2D eigenvalue weighted by Gasteiger charge is 2.23. The van der Waals surface area contributed by atoms with Gasteiger partial charge in [0.2, 0.25) is 5.75 Å². The van der Waals surface area contributed by atoms with E-state index >= 15 is 0 Å². The van der Waals surface area contributed by atoms with Gasteiger partial charge in [-0.2, -0.15) is 0 Å². The number of hydrogen-bond donors (Lipinski definition) is 1. The third kappa shape index (κ3) is 4.83. The SMILES string of the molecule is CC(Oc1c(N)ncc2c(-c3cccc(CN4CCCCC4)c3)coc12)c1c(Cl)ccc(F)c1Cl. The quantitative estimate of drug-likeness (QED) is 0.268. The molecule has 1 aliphatic heterocycles. The maximum absolute atomic E-state index is 14.1. The first-order valence-electron chi connectivity index (χ1n) is 11.7. The van der Waals surface area contributed by atoms with Crippen LogP contribution in [0.5, 0.6) is 5.75 Å². The Morgan fingerprint density at radius 1 is 1.17 bits per heavy atom. The summed E-state index contributed by atoms with van der Waals surface area (Å²) in [6, 6.07) is 11.1. The number of rotatable bonds is 6. The molecule has 1 saturated heterocycles. The zero-order valence-corrected chi connectivity index (χ0v) is 20.9. The Kier molecular flexibility index (Phi) is 6.87. The van der Waals surface area contributed by atoms with Gasteiger partial charge in [0.05, 0.1) is 16.7 Å². The van der Waals surface area contributed by atoms with Gasteiger partial charge in [-0.15, -0.1) is 0 Å². The molecule has 1 atom stereocenters. The third-order valence-corrected chi connectivity index (χ3v) is 7.19. The zero-order chi connectivity index (χ0) is 24.5. The number of nitrogens with zero attached hydrogens (tertiary/aromatic N) is 2. The highest BCUT2D eigenvalue weighted by atomic mass is 35.5. The molecule has 1 aliphatic rings. The van der Waals surface area contributed by atoms with Crippen LogP contribution < -0.4 is 10.5 Å². The van der Waals surface area contributed by atoms with Crippen molar-refractivity contribution in [2.45, 2.75) is 38.8 Å². The van der Waals surface area contributed by atoms with Gasteiger partial charge in [-0.3, -0.25) is 4.90 Å². The molecule has 5 nitrogen and oxygen atoms in total. The summed E-state index contributed by atoms with van der Waals surface area (Å²) in [5.41, 5.74) is 10.1. The lowest BCUT2D eigenvalue weighted by atomic mass is 10.0. The van der Waals surface area contributed by atoms with Crippen LogP contribution in [0.1, 0.15) is 43.4 Å². The normalized spacial score (nSPS) is 15.4. The van der Waals surface area contributed by atoms with E-state index in [4.69, 9.17) is 38.1 Å². The predicted molar refractivity (Wildman–Crippen MR) is 138 cm³/mol. The number of ether oxygens (including phenoxy) is 1. The van der Waals surface area contributed by atoms with Crippen molar-refractivity contribution in [1.29, 1.82) is 0 Å². The van der Waals surface area contributed by atoms with E-state index in [2.05, 4.69) is 34.1 Å². The summed E-state index contributed by atoms with van der Waals surface area (Å²) in [7, 11) is 0. The molecule has 5 rings (SSSR count). The molecule has 8 heteroatoms. The zero-order valence-electron chi connectivity index (χ0n) is 19.4. The second kappa shape index (κ2) is 10.1. The average molecular weight is 514 g/mol. The van der Waals surface area contributed by atoms with Gasteiger partial charge in [0.25, 0.3) is 0 Å². The topological polar surface area (TPSA) is 64.5 Å². The van der Waals surface area contributed by atoms with Crippen molar-refractivity contribution in [3.8, 4) is 16.9 Å². The maximum Gasteiger partial charge on any atom is 0.205 e. The lowest BCUT2D eigenvalue weighted by Gasteiger charge is -2.26. The number of aromatic nitrogens is 1. The Balaban J connectivity index is 1.47. The molecular weight excluding hydrogens is 488 g/mol. The van der Waals surface area contributed by atoms with Crippen LogP contribution in [0.15, 0.2) is 53.3 Å². The minimum absolute atomic E-state index is 0.0886. The molecule has 2 N–H and O–H groups in total. The van der Waals surface area contributed by atoms with Crippen molar-refractivity contribution >= 4 is 40.0 Å². The molecule has 35 heavy (non-hydrogen) atoms. The molecule has 0 aliphatic carbocycles. The Morgan fingerprint density at radius 3 is 2.77 bits per heavy atom. The van der Waals surface area contributed by atoms with E-state index in [-0.39, 0.29) is 16.6 Å². The lowest BCUT2D eigenvalue weighted by Crippen LogP contribution is -2.29. The fraction of sp³-hybridized carbons (Fsp3) is 0.296. The molecule has 0 saturated carbocycles. The Labute approximate surface area is 213 Å². The van der Waals surface area contributed by atoms with Crippen LogP contribution in [0.3, 0.4) is 0 Å². The summed E-state index contributed by atoms with van der Waals surface area (Å²) < 4.78 is 26.1. The number of nitrogen functional groups attached to an aromatic ring is 1. The minimum atomic E-state index is -0.693. The number of anilines is 1. The van der Waals surface area contributed by atoms with Crippen molar-refractivity contribution in [1.82, 2.24) is 9.88 Å². The van der Waals surface area contributed by atoms with Crippen molar-refractivity contribution in [3.05, 3.63) is 75.8 Å². The van der Waals surface area contributed by atoms with Gasteiger partial charge < -0.3 is 14.9 Å². The molecule has 1 fully saturated rings. The van der Waals surface area contributed by atoms with Gasteiger partial charge in [-0.05, 0) is 62.2 Å². The summed E-state index contributed by atoms with van der Waals surface area (Å²) in [5.74, 6) is -0.148. The number of benzene rings is 2. The van der Waals surface area contributed by atoms with E-state index in [0.29, 0.717) is 16.2 Å². The van der Waals surface area contributed by atoms with Crippen LogP contribution >= 0.6 is 23.2 Å². The molecule has 182 valence electrons. The Bertz CT molecular complexity index is 1370. The highest BCUT2D eigenvalue weighted by molar-refractivity contribution is 6.36. The first kappa shape index (κ1) is 23.9. The molecule has 0 radical (unpaired) electrons. The number of hydrogen-bond acceptors (Lipinski definition) is 5. The van der Waals surface area contributed by atoms with Crippen LogP contribution in [-0.4, -0.2) is 23.0 Å². The fourth-order valence-electron chi connectivity index (χ4n) is 4.68. The number of likely N-dealkylation sites (tertiary alicyclic amines) is 1. The van der Waals surface area contributed by atoms with Crippen molar-refractivity contribution in [3.63, 3.8) is 0 Å². The average Bonchev–Trinajstić information content (AvgIpc) is 3.29. The van der Waals surface area contributed by atoms with Gasteiger partial charge in [-0.1, -0.05) is 47.8 Å². The summed E-state index contributed by atoms with van der Waals surface area (Å²) in [6.07, 6.45) is 6.50. The number of halogens is 3. The van der Waals surface area contributed by atoms with Crippen LogP contribution in [0, 0.1) is 5.82 Å². The number of pyridine rings is 1. The number of furan rings is 1.